The van der Waals surface area contributed by atoms with Crippen molar-refractivity contribution in [1.82, 2.24) is 15.2 Å². The van der Waals surface area contributed by atoms with Gasteiger partial charge >= 0.3 is 0 Å². The summed E-state index contributed by atoms with van der Waals surface area (Å²) >= 11 is 0. The maximum absolute atomic E-state index is 5.83. The molecule has 0 saturated carbocycles. The Morgan fingerprint density at radius 3 is 3.05 bits per heavy atom. The van der Waals surface area contributed by atoms with Crippen molar-refractivity contribution in [3.8, 4) is 0 Å². The number of benzene rings is 1. The number of piperidine rings is 1. The minimum Gasteiger partial charge on any atom is -0.397 e. The normalized spacial score (nSPS) is 20.8. The Kier molecular flexibility index (Phi) is 3.25. The summed E-state index contributed by atoms with van der Waals surface area (Å²) in [5.41, 5.74) is 8.69. The molecule has 1 atom stereocenters. The minimum absolute atomic E-state index is 0.571. The van der Waals surface area contributed by atoms with Crippen LogP contribution in [0.25, 0.3) is 11.0 Å². The number of hydrogen-bond donors (Lipinski definition) is 2. The predicted molar refractivity (Wildman–Crippen MR) is 75.0 cm³/mol. The van der Waals surface area contributed by atoms with Crippen molar-refractivity contribution >= 4 is 22.4 Å². The lowest BCUT2D eigenvalue weighted by molar-refractivity contribution is 0.194. The Balaban J connectivity index is 1.75. The van der Waals surface area contributed by atoms with Gasteiger partial charge in [-0.15, -0.1) is 0 Å². The van der Waals surface area contributed by atoms with Crippen LogP contribution in [0.4, 0.5) is 11.4 Å². The summed E-state index contributed by atoms with van der Waals surface area (Å²) in [5.74, 6) is 0. The summed E-state index contributed by atoms with van der Waals surface area (Å²) in [5, 5.41) is 11.2. The Labute approximate surface area is 111 Å². The molecular formula is C13H19N5O. The van der Waals surface area contributed by atoms with E-state index in [9.17, 15) is 0 Å². The summed E-state index contributed by atoms with van der Waals surface area (Å²) in [6.45, 7) is 2.08. The van der Waals surface area contributed by atoms with Crippen molar-refractivity contribution in [3.05, 3.63) is 12.1 Å². The molecule has 6 nitrogen and oxygen atoms in total. The number of rotatable bonds is 3. The van der Waals surface area contributed by atoms with Crippen LogP contribution in [0.5, 0.6) is 0 Å². The van der Waals surface area contributed by atoms with Crippen LogP contribution in [0.1, 0.15) is 19.3 Å². The molecule has 1 fully saturated rings. The van der Waals surface area contributed by atoms with Crippen molar-refractivity contribution in [1.29, 1.82) is 0 Å². The second-order valence-corrected chi connectivity index (χ2v) is 5.17. The number of nitrogens with one attached hydrogen (secondary N) is 1. The van der Waals surface area contributed by atoms with Crippen molar-refractivity contribution in [2.24, 2.45) is 0 Å². The lowest BCUT2D eigenvalue weighted by atomic mass is 10.0. The molecule has 6 heteroatoms. The van der Waals surface area contributed by atoms with E-state index in [0.717, 1.165) is 12.2 Å². The number of nitrogen functional groups attached to an aromatic ring is 1. The highest BCUT2D eigenvalue weighted by molar-refractivity contribution is 5.94. The maximum atomic E-state index is 5.83. The fourth-order valence-corrected chi connectivity index (χ4v) is 2.66. The molecule has 2 aromatic rings. The Hall–Kier alpha value is -1.82. The van der Waals surface area contributed by atoms with E-state index in [4.69, 9.17) is 10.4 Å². The summed E-state index contributed by atoms with van der Waals surface area (Å²) < 4.78 is 4.77. The van der Waals surface area contributed by atoms with Gasteiger partial charge in [-0.3, -0.25) is 0 Å². The Morgan fingerprint density at radius 1 is 1.37 bits per heavy atom. The maximum Gasteiger partial charge on any atom is 0.160 e. The molecule has 0 spiro atoms. The third kappa shape index (κ3) is 2.35. The average Bonchev–Trinajstić information content (AvgIpc) is 2.90. The standard InChI is InChI=1S/C13H19N5O/c1-18-7-3-2-4-9(18)8-15-11-6-5-10(14)12-13(11)17-19-16-12/h5-6,9,15H,2-4,7-8,14H2,1H3. The largest absolute Gasteiger partial charge is 0.397 e. The summed E-state index contributed by atoms with van der Waals surface area (Å²) in [6, 6.07) is 4.34. The van der Waals surface area contributed by atoms with E-state index in [0.29, 0.717) is 22.8 Å². The molecular weight excluding hydrogens is 242 g/mol. The van der Waals surface area contributed by atoms with Crippen molar-refractivity contribution in [2.75, 3.05) is 31.2 Å². The first kappa shape index (κ1) is 12.2. The predicted octanol–water partition coefficient (Wildman–Crippen LogP) is 1.70. The molecule has 102 valence electrons. The zero-order valence-electron chi connectivity index (χ0n) is 11.1. The molecule has 3 rings (SSSR count). The summed E-state index contributed by atoms with van der Waals surface area (Å²) in [7, 11) is 2.18. The van der Waals surface area contributed by atoms with Crippen LogP contribution in [0, 0.1) is 0 Å². The monoisotopic (exact) mass is 261 g/mol. The molecule has 1 aromatic carbocycles. The van der Waals surface area contributed by atoms with Crippen molar-refractivity contribution < 1.29 is 4.63 Å². The van der Waals surface area contributed by atoms with E-state index in [1.807, 2.05) is 12.1 Å². The number of nitrogens with two attached hydrogens (primary N) is 1. The summed E-state index contributed by atoms with van der Waals surface area (Å²) in [4.78, 5) is 2.41. The van der Waals surface area contributed by atoms with Crippen LogP contribution in [-0.4, -0.2) is 41.4 Å². The van der Waals surface area contributed by atoms with Crippen molar-refractivity contribution in [3.63, 3.8) is 0 Å². The molecule has 0 bridgehead atoms. The van der Waals surface area contributed by atoms with Gasteiger partial charge in [0.05, 0.1) is 11.4 Å². The number of likely N-dealkylation sites (tertiary alicyclic amines) is 1. The van der Waals surface area contributed by atoms with Crippen LogP contribution in [-0.2, 0) is 0 Å². The van der Waals surface area contributed by atoms with Crippen LogP contribution in [0.3, 0.4) is 0 Å². The molecule has 3 N–H and O–H groups in total. The first-order valence-corrected chi connectivity index (χ1v) is 6.70. The molecule has 19 heavy (non-hydrogen) atoms. The lowest BCUT2D eigenvalue weighted by Gasteiger charge is -2.32. The van der Waals surface area contributed by atoms with Crippen LogP contribution in [0.15, 0.2) is 16.8 Å². The average molecular weight is 261 g/mol. The van der Waals surface area contributed by atoms with E-state index in [-0.39, 0.29) is 0 Å². The molecule has 0 aliphatic carbocycles. The second-order valence-electron chi connectivity index (χ2n) is 5.17. The summed E-state index contributed by atoms with van der Waals surface area (Å²) in [6.07, 6.45) is 3.84. The minimum atomic E-state index is 0.571. The molecule has 0 radical (unpaired) electrons. The van der Waals surface area contributed by atoms with E-state index in [1.165, 1.54) is 25.8 Å². The fraction of sp³-hybridized carbons (Fsp3) is 0.538. The molecule has 0 amide bonds. The Morgan fingerprint density at radius 2 is 2.21 bits per heavy atom. The van der Waals surface area contributed by atoms with Gasteiger partial charge in [0.2, 0.25) is 0 Å². The third-order valence-electron chi connectivity index (χ3n) is 3.90. The zero-order valence-corrected chi connectivity index (χ0v) is 11.1. The molecule has 1 aliphatic heterocycles. The highest BCUT2D eigenvalue weighted by atomic mass is 16.6. The van der Waals surface area contributed by atoms with Gasteiger partial charge in [0.25, 0.3) is 0 Å². The first-order valence-electron chi connectivity index (χ1n) is 6.70. The van der Waals surface area contributed by atoms with Crippen LogP contribution >= 0.6 is 0 Å². The number of anilines is 2. The topological polar surface area (TPSA) is 80.2 Å². The number of aromatic nitrogens is 2. The van der Waals surface area contributed by atoms with Gasteiger partial charge in [-0.25, -0.2) is 4.63 Å². The van der Waals surface area contributed by atoms with Gasteiger partial charge in [0.15, 0.2) is 11.0 Å². The van der Waals surface area contributed by atoms with Crippen LogP contribution in [0.2, 0.25) is 0 Å². The third-order valence-corrected chi connectivity index (χ3v) is 3.90. The number of likely N-dealkylation sites (N-methyl/N-ethyl adjacent to an activating group) is 1. The molecule has 1 aromatic heterocycles. The number of nitrogens with zero attached hydrogens (tertiary/aromatic N) is 3. The first-order chi connectivity index (χ1) is 9.25. The van der Waals surface area contributed by atoms with E-state index < -0.39 is 0 Å². The smallest absolute Gasteiger partial charge is 0.160 e. The van der Waals surface area contributed by atoms with Gasteiger partial charge in [-0.05, 0) is 48.9 Å². The van der Waals surface area contributed by atoms with E-state index >= 15 is 0 Å². The highest BCUT2D eigenvalue weighted by Gasteiger charge is 2.19. The quantitative estimate of drug-likeness (QED) is 0.819. The van der Waals surface area contributed by atoms with E-state index in [1.54, 1.807) is 0 Å². The number of fused-ring (bicyclic) bond motifs is 1. The van der Waals surface area contributed by atoms with Gasteiger partial charge in [0, 0.05) is 12.6 Å². The van der Waals surface area contributed by atoms with Gasteiger partial charge in [0.1, 0.15) is 0 Å². The molecule has 1 unspecified atom stereocenters. The number of hydrogen-bond acceptors (Lipinski definition) is 6. The van der Waals surface area contributed by atoms with Gasteiger partial charge < -0.3 is 16.0 Å². The molecule has 1 saturated heterocycles. The van der Waals surface area contributed by atoms with E-state index in [2.05, 4.69) is 27.6 Å². The van der Waals surface area contributed by atoms with Gasteiger partial charge in [-0.2, -0.15) is 0 Å². The Bertz CT molecular complexity index is 567. The fourth-order valence-electron chi connectivity index (χ4n) is 2.66. The zero-order chi connectivity index (χ0) is 13.2. The molecule has 2 heterocycles. The van der Waals surface area contributed by atoms with Crippen molar-refractivity contribution in [2.45, 2.75) is 25.3 Å². The molecule has 1 aliphatic rings. The second kappa shape index (κ2) is 5.05. The lowest BCUT2D eigenvalue weighted by Crippen LogP contribution is -2.40. The highest BCUT2D eigenvalue weighted by Crippen LogP contribution is 2.25. The van der Waals surface area contributed by atoms with Crippen LogP contribution < -0.4 is 11.1 Å². The van der Waals surface area contributed by atoms with Gasteiger partial charge in [-0.1, -0.05) is 6.42 Å². The SMILES string of the molecule is CN1CCCCC1CNc1ccc(N)c2nonc12.